The molecule has 0 bridgehead atoms. The molecule has 0 unspecified atom stereocenters. The first-order valence-electron chi connectivity index (χ1n) is 6.26. The van der Waals surface area contributed by atoms with Gasteiger partial charge in [-0.2, -0.15) is 13.2 Å². The van der Waals surface area contributed by atoms with Crippen LogP contribution in [0.15, 0.2) is 29.4 Å². The summed E-state index contributed by atoms with van der Waals surface area (Å²) in [6.07, 6.45) is -2.96. The van der Waals surface area contributed by atoms with Crippen molar-refractivity contribution >= 4 is 17.4 Å². The average molecular weight is 301 g/mol. The minimum absolute atomic E-state index is 0.0202. The van der Waals surface area contributed by atoms with Gasteiger partial charge in [-0.1, -0.05) is 17.6 Å². The van der Waals surface area contributed by atoms with Gasteiger partial charge in [0.2, 0.25) is 5.91 Å². The first-order valence-corrected chi connectivity index (χ1v) is 6.26. The zero-order valence-corrected chi connectivity index (χ0v) is 10.9. The van der Waals surface area contributed by atoms with Crippen LogP contribution in [0.2, 0.25) is 0 Å². The van der Waals surface area contributed by atoms with Gasteiger partial charge >= 0.3 is 6.18 Å². The van der Waals surface area contributed by atoms with Gasteiger partial charge in [0.1, 0.15) is 5.41 Å². The number of alkyl halides is 3. The molecule has 1 saturated carbocycles. The normalized spacial score (nSPS) is 18.0. The van der Waals surface area contributed by atoms with Crippen molar-refractivity contribution in [1.82, 2.24) is 0 Å². The Labute approximate surface area is 118 Å². The number of amidine groups is 1. The lowest BCUT2D eigenvalue weighted by atomic mass is 9.67. The molecule has 0 atom stereocenters. The molecule has 0 aliphatic heterocycles. The average Bonchev–Trinajstić information content (AvgIpc) is 2.36. The number of benzene rings is 1. The van der Waals surface area contributed by atoms with E-state index in [-0.39, 0.29) is 11.5 Å². The topological polar surface area (TPSA) is 87.7 Å². The van der Waals surface area contributed by atoms with Crippen molar-refractivity contribution in [2.45, 2.75) is 25.4 Å². The van der Waals surface area contributed by atoms with Gasteiger partial charge in [0.05, 0.1) is 5.56 Å². The number of rotatable bonds is 3. The summed E-state index contributed by atoms with van der Waals surface area (Å²) in [5.74, 6) is -0.790. The molecule has 0 radical (unpaired) electrons. The third-order valence-corrected chi connectivity index (χ3v) is 3.69. The summed E-state index contributed by atoms with van der Waals surface area (Å²) >= 11 is 0. The van der Waals surface area contributed by atoms with Gasteiger partial charge in [0.15, 0.2) is 5.84 Å². The van der Waals surface area contributed by atoms with Crippen molar-refractivity contribution in [2.75, 3.05) is 5.32 Å². The number of anilines is 1. The van der Waals surface area contributed by atoms with E-state index >= 15 is 0 Å². The molecule has 0 heterocycles. The SMILES string of the molecule is N/C(=N/O)C1(C(=O)Nc2cccc(C(F)(F)F)c2)CCC1. The number of nitrogens with one attached hydrogen (secondary N) is 1. The second-order valence-electron chi connectivity index (χ2n) is 4.95. The lowest BCUT2D eigenvalue weighted by Gasteiger charge is -2.38. The predicted molar refractivity (Wildman–Crippen MR) is 69.8 cm³/mol. The van der Waals surface area contributed by atoms with E-state index in [0.717, 1.165) is 18.6 Å². The van der Waals surface area contributed by atoms with Crippen LogP contribution in [-0.4, -0.2) is 17.0 Å². The largest absolute Gasteiger partial charge is 0.416 e. The van der Waals surface area contributed by atoms with E-state index in [1.54, 1.807) is 0 Å². The molecule has 1 amide bonds. The van der Waals surface area contributed by atoms with E-state index in [2.05, 4.69) is 10.5 Å². The Balaban J connectivity index is 2.20. The number of oxime groups is 1. The van der Waals surface area contributed by atoms with Gasteiger partial charge < -0.3 is 16.3 Å². The second kappa shape index (κ2) is 5.27. The molecule has 2 rings (SSSR count). The van der Waals surface area contributed by atoms with E-state index in [9.17, 15) is 18.0 Å². The van der Waals surface area contributed by atoms with E-state index in [1.807, 2.05) is 0 Å². The molecule has 114 valence electrons. The smallest absolute Gasteiger partial charge is 0.409 e. The standard InChI is InChI=1S/C13H14F3N3O2/c14-13(15,16)8-3-1-4-9(7-8)18-11(20)12(5-2-6-12)10(17)19-21/h1,3-4,7,21H,2,5-6H2,(H2,17,19)(H,18,20). The highest BCUT2D eigenvalue weighted by atomic mass is 19.4. The Morgan fingerprint density at radius 2 is 2.05 bits per heavy atom. The van der Waals surface area contributed by atoms with Gasteiger partial charge in [-0.3, -0.25) is 4.79 Å². The number of hydrogen-bond donors (Lipinski definition) is 3. The minimum Gasteiger partial charge on any atom is -0.409 e. The summed E-state index contributed by atoms with van der Waals surface area (Å²) in [7, 11) is 0. The van der Waals surface area contributed by atoms with Crippen LogP contribution in [0.25, 0.3) is 0 Å². The first-order chi connectivity index (χ1) is 9.79. The van der Waals surface area contributed by atoms with Crippen molar-refractivity contribution in [3.63, 3.8) is 0 Å². The van der Waals surface area contributed by atoms with Gasteiger partial charge in [-0.15, -0.1) is 0 Å². The molecule has 4 N–H and O–H groups in total. The fourth-order valence-corrected chi connectivity index (χ4v) is 2.25. The zero-order chi connectivity index (χ0) is 15.7. The van der Waals surface area contributed by atoms with Crippen molar-refractivity contribution < 1.29 is 23.2 Å². The number of nitrogens with zero attached hydrogens (tertiary/aromatic N) is 1. The molecule has 1 fully saturated rings. The molecule has 1 aromatic carbocycles. The minimum atomic E-state index is -4.49. The Kier molecular flexibility index (Phi) is 3.80. The highest BCUT2D eigenvalue weighted by Gasteiger charge is 2.48. The van der Waals surface area contributed by atoms with Crippen LogP contribution in [0.1, 0.15) is 24.8 Å². The Morgan fingerprint density at radius 3 is 2.52 bits per heavy atom. The molecular formula is C13H14F3N3O2. The highest BCUT2D eigenvalue weighted by Crippen LogP contribution is 2.42. The maximum atomic E-state index is 12.6. The van der Waals surface area contributed by atoms with Crippen LogP contribution in [0, 0.1) is 5.41 Å². The molecule has 21 heavy (non-hydrogen) atoms. The van der Waals surface area contributed by atoms with Crippen LogP contribution < -0.4 is 11.1 Å². The van der Waals surface area contributed by atoms with Crippen LogP contribution in [0.4, 0.5) is 18.9 Å². The van der Waals surface area contributed by atoms with Gasteiger partial charge in [-0.05, 0) is 31.0 Å². The Hall–Kier alpha value is -2.25. The molecule has 8 heteroatoms. The number of nitrogens with two attached hydrogens (primary N) is 1. The van der Waals surface area contributed by atoms with Gasteiger partial charge in [0.25, 0.3) is 0 Å². The number of amides is 1. The van der Waals surface area contributed by atoms with Crippen molar-refractivity contribution in [3.05, 3.63) is 29.8 Å². The summed E-state index contributed by atoms with van der Waals surface area (Å²) in [5.41, 5.74) is 3.56. The Morgan fingerprint density at radius 1 is 1.38 bits per heavy atom. The van der Waals surface area contributed by atoms with Crippen LogP contribution in [0.5, 0.6) is 0 Å². The molecule has 1 aliphatic carbocycles. The van der Waals surface area contributed by atoms with Crippen LogP contribution in [0.3, 0.4) is 0 Å². The van der Waals surface area contributed by atoms with Gasteiger partial charge in [0, 0.05) is 5.69 Å². The summed E-state index contributed by atoms with van der Waals surface area (Å²) in [4.78, 5) is 12.2. The maximum Gasteiger partial charge on any atom is 0.416 e. The summed E-state index contributed by atoms with van der Waals surface area (Å²) in [6.45, 7) is 0. The van der Waals surface area contributed by atoms with Gasteiger partial charge in [-0.25, -0.2) is 0 Å². The lowest BCUT2D eigenvalue weighted by Crippen LogP contribution is -2.51. The number of carbonyl (C=O) groups is 1. The van der Waals surface area contributed by atoms with E-state index in [4.69, 9.17) is 10.9 Å². The molecule has 1 aliphatic rings. The van der Waals surface area contributed by atoms with E-state index < -0.39 is 23.1 Å². The van der Waals surface area contributed by atoms with Crippen molar-refractivity contribution in [3.8, 4) is 0 Å². The molecule has 1 aromatic rings. The fourth-order valence-electron chi connectivity index (χ4n) is 2.25. The zero-order valence-electron chi connectivity index (χ0n) is 10.9. The highest BCUT2D eigenvalue weighted by molar-refractivity contribution is 6.12. The quantitative estimate of drug-likeness (QED) is 0.347. The molecule has 0 saturated heterocycles. The second-order valence-corrected chi connectivity index (χ2v) is 4.95. The third-order valence-electron chi connectivity index (χ3n) is 3.69. The molecule has 0 spiro atoms. The monoisotopic (exact) mass is 301 g/mol. The third kappa shape index (κ3) is 2.79. The maximum absolute atomic E-state index is 12.6. The van der Waals surface area contributed by atoms with Crippen molar-refractivity contribution in [1.29, 1.82) is 0 Å². The first kappa shape index (κ1) is 15.1. The van der Waals surface area contributed by atoms with E-state index in [0.29, 0.717) is 12.8 Å². The number of carbonyl (C=O) groups excluding carboxylic acids is 1. The van der Waals surface area contributed by atoms with Crippen LogP contribution >= 0.6 is 0 Å². The van der Waals surface area contributed by atoms with E-state index in [1.165, 1.54) is 12.1 Å². The molecular weight excluding hydrogens is 287 g/mol. The number of hydrogen-bond acceptors (Lipinski definition) is 3. The Bertz CT molecular complexity index is 580. The summed E-state index contributed by atoms with van der Waals surface area (Å²) in [5, 5.41) is 14.0. The number of halogens is 3. The molecule has 5 nitrogen and oxygen atoms in total. The lowest BCUT2D eigenvalue weighted by molar-refractivity contribution is -0.137. The molecule has 0 aromatic heterocycles. The predicted octanol–water partition coefficient (Wildman–Crippen LogP) is 2.56. The summed E-state index contributed by atoms with van der Waals surface area (Å²) in [6, 6.07) is 4.32. The van der Waals surface area contributed by atoms with Crippen molar-refractivity contribution in [2.24, 2.45) is 16.3 Å². The summed E-state index contributed by atoms with van der Waals surface area (Å²) < 4.78 is 37.8. The van der Waals surface area contributed by atoms with Crippen LogP contribution in [-0.2, 0) is 11.0 Å². The fraction of sp³-hybridized carbons (Fsp3) is 0.385.